The maximum absolute atomic E-state index is 11.1. The molecule has 0 bridgehead atoms. The van der Waals surface area contributed by atoms with E-state index in [4.69, 9.17) is 5.11 Å². The normalized spacial score (nSPS) is 17.6. The molecule has 0 aromatic heterocycles. The first kappa shape index (κ1) is 21.4. The van der Waals surface area contributed by atoms with Crippen LogP contribution in [-0.4, -0.2) is 11.1 Å². The van der Waals surface area contributed by atoms with E-state index in [9.17, 15) is 4.79 Å². The lowest BCUT2D eigenvalue weighted by atomic mass is 9.63. The van der Waals surface area contributed by atoms with Crippen molar-refractivity contribution in [3.8, 4) is 0 Å². The number of carboxylic acids is 1. The van der Waals surface area contributed by atoms with Gasteiger partial charge < -0.3 is 5.11 Å². The molecule has 3 rings (SSSR count). The Hall–Kier alpha value is -2.35. The summed E-state index contributed by atoms with van der Waals surface area (Å²) < 4.78 is 0. The van der Waals surface area contributed by atoms with Crippen LogP contribution in [0.3, 0.4) is 0 Å². The van der Waals surface area contributed by atoms with Crippen molar-refractivity contribution in [1.82, 2.24) is 0 Å². The van der Waals surface area contributed by atoms with E-state index in [1.165, 1.54) is 35.1 Å². The van der Waals surface area contributed by atoms with Crippen LogP contribution in [0.25, 0.3) is 11.6 Å². The van der Waals surface area contributed by atoms with Gasteiger partial charge in [-0.3, -0.25) is 0 Å². The van der Waals surface area contributed by atoms with Crippen molar-refractivity contribution < 1.29 is 9.90 Å². The summed E-state index contributed by atoms with van der Waals surface area (Å²) in [5.74, 6) is -0.883. The number of allylic oxidation sites excluding steroid dienone is 1. The van der Waals surface area contributed by atoms with Gasteiger partial charge in [0.25, 0.3) is 0 Å². The fourth-order valence-corrected chi connectivity index (χ4v) is 4.38. The van der Waals surface area contributed by atoms with Crippen LogP contribution in [-0.2, 0) is 10.8 Å². The van der Waals surface area contributed by atoms with E-state index in [0.29, 0.717) is 5.56 Å². The van der Waals surface area contributed by atoms with E-state index in [-0.39, 0.29) is 10.8 Å². The minimum absolute atomic E-state index is 0.194. The Labute approximate surface area is 175 Å². The molecule has 2 aromatic carbocycles. The van der Waals surface area contributed by atoms with Crippen LogP contribution in [0.1, 0.15) is 99.3 Å². The average Bonchev–Trinajstić information content (AvgIpc) is 2.69. The summed E-state index contributed by atoms with van der Waals surface area (Å²) >= 11 is 0. The quantitative estimate of drug-likeness (QED) is 0.520. The number of fused-ring (bicyclic) bond motifs is 1. The van der Waals surface area contributed by atoms with Gasteiger partial charge in [0.1, 0.15) is 0 Å². The number of aromatic carboxylic acids is 1. The monoisotopic (exact) mass is 390 g/mol. The molecule has 1 aliphatic carbocycles. The highest BCUT2D eigenvalue weighted by Crippen LogP contribution is 2.46. The van der Waals surface area contributed by atoms with Gasteiger partial charge in [-0.25, -0.2) is 4.79 Å². The predicted octanol–water partition coefficient (Wildman–Crippen LogP) is 7.46. The van der Waals surface area contributed by atoms with Gasteiger partial charge in [-0.15, -0.1) is 0 Å². The van der Waals surface area contributed by atoms with Gasteiger partial charge in [-0.05, 0) is 76.5 Å². The van der Waals surface area contributed by atoms with Crippen molar-refractivity contribution in [2.24, 2.45) is 0 Å². The highest BCUT2D eigenvalue weighted by atomic mass is 16.4. The van der Waals surface area contributed by atoms with Crippen molar-refractivity contribution in [2.75, 3.05) is 0 Å². The van der Waals surface area contributed by atoms with Crippen molar-refractivity contribution in [1.29, 1.82) is 0 Å². The molecule has 0 amide bonds. The Bertz CT molecular complexity index is 914. The molecule has 154 valence electrons. The summed E-state index contributed by atoms with van der Waals surface area (Å²) in [4.78, 5) is 11.1. The van der Waals surface area contributed by atoms with Gasteiger partial charge in [0.15, 0.2) is 0 Å². The fourth-order valence-electron chi connectivity index (χ4n) is 4.38. The van der Waals surface area contributed by atoms with Crippen LogP contribution in [0.2, 0.25) is 0 Å². The Kier molecular flexibility index (Phi) is 6.03. The molecule has 0 heterocycles. The topological polar surface area (TPSA) is 37.3 Å². The zero-order valence-corrected chi connectivity index (χ0v) is 18.5. The SMILES string of the molecule is CCCC/C(=C/c1ccc(C(=O)O)cc1)c1ccc2c(c1)C(C)(C)CCC2(C)C. The van der Waals surface area contributed by atoms with Crippen LogP contribution < -0.4 is 0 Å². The van der Waals surface area contributed by atoms with E-state index >= 15 is 0 Å². The fraction of sp³-hybridized carbons (Fsp3) is 0.444. The number of hydrogen-bond acceptors (Lipinski definition) is 1. The smallest absolute Gasteiger partial charge is 0.335 e. The molecule has 2 nitrogen and oxygen atoms in total. The van der Waals surface area contributed by atoms with Crippen LogP contribution in [0.15, 0.2) is 42.5 Å². The minimum atomic E-state index is -0.883. The van der Waals surface area contributed by atoms with Crippen molar-refractivity contribution in [3.05, 3.63) is 70.3 Å². The van der Waals surface area contributed by atoms with Crippen molar-refractivity contribution in [3.63, 3.8) is 0 Å². The van der Waals surface area contributed by atoms with E-state index < -0.39 is 5.97 Å². The molecule has 0 aliphatic heterocycles. The first-order valence-electron chi connectivity index (χ1n) is 10.8. The second-order valence-electron chi connectivity index (χ2n) is 9.73. The Morgan fingerprint density at radius 3 is 2.10 bits per heavy atom. The molecule has 0 atom stereocenters. The standard InChI is InChI=1S/C27H34O2/c1-6-7-8-21(17-19-9-11-20(12-10-19)25(28)29)22-13-14-23-24(18-22)27(4,5)16-15-26(23,2)3/h9-14,17-18H,6-8,15-16H2,1-5H3,(H,28,29)/b21-17-. The number of rotatable bonds is 6. The Morgan fingerprint density at radius 1 is 0.931 bits per heavy atom. The third-order valence-electron chi connectivity index (χ3n) is 6.52. The average molecular weight is 391 g/mol. The van der Waals surface area contributed by atoms with Gasteiger partial charge in [0.2, 0.25) is 0 Å². The van der Waals surface area contributed by atoms with Gasteiger partial charge in [0, 0.05) is 0 Å². The number of unbranched alkanes of at least 4 members (excludes halogenated alkanes) is 1. The zero-order valence-electron chi connectivity index (χ0n) is 18.5. The molecule has 1 aliphatic rings. The molecule has 2 aromatic rings. The molecule has 2 heteroatoms. The first-order chi connectivity index (χ1) is 13.6. The van der Waals surface area contributed by atoms with Crippen molar-refractivity contribution in [2.45, 2.75) is 77.6 Å². The highest BCUT2D eigenvalue weighted by Gasteiger charge is 2.37. The molecule has 1 N–H and O–H groups in total. The van der Waals surface area contributed by atoms with E-state index in [1.807, 2.05) is 12.1 Å². The highest BCUT2D eigenvalue weighted by molar-refractivity contribution is 5.88. The second-order valence-corrected chi connectivity index (χ2v) is 9.73. The minimum Gasteiger partial charge on any atom is -0.478 e. The molecule has 0 fully saturated rings. The summed E-state index contributed by atoms with van der Waals surface area (Å²) in [5.41, 5.74) is 7.40. The van der Waals surface area contributed by atoms with Gasteiger partial charge in [-0.2, -0.15) is 0 Å². The molecule has 0 saturated heterocycles. The van der Waals surface area contributed by atoms with Crippen LogP contribution >= 0.6 is 0 Å². The van der Waals surface area contributed by atoms with Gasteiger partial charge >= 0.3 is 5.97 Å². The van der Waals surface area contributed by atoms with Crippen LogP contribution in [0.4, 0.5) is 0 Å². The maximum Gasteiger partial charge on any atom is 0.335 e. The number of carbonyl (C=O) groups is 1. The summed E-state index contributed by atoms with van der Waals surface area (Å²) in [6.45, 7) is 11.7. The third-order valence-corrected chi connectivity index (χ3v) is 6.52. The van der Waals surface area contributed by atoms with E-state index in [1.54, 1.807) is 12.1 Å². The summed E-state index contributed by atoms with van der Waals surface area (Å²) in [6, 6.07) is 14.2. The molecular formula is C27H34O2. The lowest BCUT2D eigenvalue weighted by Gasteiger charge is -2.42. The Balaban J connectivity index is 2.04. The number of benzene rings is 2. The largest absolute Gasteiger partial charge is 0.478 e. The summed E-state index contributed by atoms with van der Waals surface area (Å²) in [7, 11) is 0. The lowest BCUT2D eigenvalue weighted by molar-refractivity contribution is 0.0697. The predicted molar refractivity (Wildman–Crippen MR) is 123 cm³/mol. The maximum atomic E-state index is 11.1. The number of hydrogen-bond donors (Lipinski definition) is 1. The van der Waals surface area contributed by atoms with Crippen molar-refractivity contribution >= 4 is 17.6 Å². The van der Waals surface area contributed by atoms with Gasteiger partial charge in [0.05, 0.1) is 5.56 Å². The zero-order chi connectivity index (χ0) is 21.2. The van der Waals surface area contributed by atoms with Crippen LogP contribution in [0, 0.1) is 0 Å². The number of carboxylic acid groups (broad SMARTS) is 1. The second kappa shape index (κ2) is 8.18. The molecule has 0 radical (unpaired) electrons. The lowest BCUT2D eigenvalue weighted by Crippen LogP contribution is -2.33. The molecule has 0 saturated carbocycles. The van der Waals surface area contributed by atoms with E-state index in [2.05, 4.69) is 58.9 Å². The summed E-state index contributed by atoms with van der Waals surface area (Å²) in [6.07, 6.45) is 7.98. The first-order valence-corrected chi connectivity index (χ1v) is 10.8. The Morgan fingerprint density at radius 2 is 1.52 bits per heavy atom. The van der Waals surface area contributed by atoms with Crippen LogP contribution in [0.5, 0.6) is 0 Å². The molecule has 0 unspecified atom stereocenters. The summed E-state index contributed by atoms with van der Waals surface area (Å²) in [5, 5.41) is 9.14. The van der Waals surface area contributed by atoms with Gasteiger partial charge in [-0.1, -0.05) is 77.4 Å². The van der Waals surface area contributed by atoms with E-state index in [0.717, 1.165) is 24.8 Å². The molecular weight excluding hydrogens is 356 g/mol. The molecule has 0 spiro atoms. The third kappa shape index (κ3) is 4.63. The molecule has 29 heavy (non-hydrogen) atoms.